The van der Waals surface area contributed by atoms with E-state index in [1.54, 1.807) is 18.2 Å². The molecule has 0 aliphatic carbocycles. The minimum atomic E-state index is -0.606. The lowest BCUT2D eigenvalue weighted by atomic mass is 10.2. The van der Waals surface area contributed by atoms with E-state index >= 15 is 0 Å². The van der Waals surface area contributed by atoms with Crippen LogP contribution in [0, 0.1) is 0 Å². The summed E-state index contributed by atoms with van der Waals surface area (Å²) >= 11 is 0. The van der Waals surface area contributed by atoms with E-state index in [2.05, 4.69) is 32.0 Å². The summed E-state index contributed by atoms with van der Waals surface area (Å²) in [5, 5.41) is 11.9. The van der Waals surface area contributed by atoms with Crippen molar-refractivity contribution >= 4 is 41.4 Å². The molecule has 0 radical (unpaired) electrons. The first kappa shape index (κ1) is 19.4. The van der Waals surface area contributed by atoms with Crippen LogP contribution in [-0.2, 0) is 0 Å². The van der Waals surface area contributed by atoms with Crippen LogP contribution in [0.3, 0.4) is 0 Å². The number of para-hydroxylation sites is 1. The summed E-state index contributed by atoms with van der Waals surface area (Å²) < 4.78 is 6.12. The fraction of sp³-hybridized carbons (Fsp3) is 0.278. The Morgan fingerprint density at radius 2 is 1.70 bits per heavy atom. The van der Waals surface area contributed by atoms with Crippen molar-refractivity contribution in [2.24, 2.45) is 4.99 Å². The van der Waals surface area contributed by atoms with Crippen LogP contribution in [0.2, 0.25) is 0 Å². The molecule has 0 N–H and O–H groups in total. The average Bonchev–Trinajstić information content (AvgIpc) is 2.55. The van der Waals surface area contributed by atoms with Crippen molar-refractivity contribution in [3.63, 3.8) is 0 Å². The van der Waals surface area contributed by atoms with Gasteiger partial charge in [-0.1, -0.05) is 24.3 Å². The maximum absolute atomic E-state index is 11.9. The van der Waals surface area contributed by atoms with E-state index < -0.39 is 6.08 Å². The highest BCUT2D eigenvalue weighted by Gasteiger charge is 2.19. The SMILES string of the molecule is CC[N+](C)(CC)c1cccc(OC([O-])=Nc2ccccc2)c1.I. The van der Waals surface area contributed by atoms with Gasteiger partial charge in [0, 0.05) is 11.8 Å². The number of hydrogen-bond donors (Lipinski definition) is 0. The molecule has 2 rings (SSSR count). The number of aliphatic imine (C=N–C) groups is 1. The molecule has 23 heavy (non-hydrogen) atoms. The van der Waals surface area contributed by atoms with Crippen LogP contribution in [0.5, 0.6) is 5.75 Å². The molecule has 0 unspecified atom stereocenters. The molecule has 2 aromatic carbocycles. The van der Waals surface area contributed by atoms with Gasteiger partial charge in [0.25, 0.3) is 0 Å². The predicted octanol–water partition coefficient (Wildman–Crippen LogP) is 3.71. The number of benzene rings is 2. The minimum absolute atomic E-state index is 0. The van der Waals surface area contributed by atoms with Gasteiger partial charge < -0.3 is 9.84 Å². The normalized spacial score (nSPS) is 11.7. The number of nitrogens with zero attached hydrogens (tertiary/aromatic N) is 2. The standard InChI is InChI=1S/C18H22N2O2.HI/c1-4-20(3,5-2)16-12-9-13-17(14-16)22-18(21)19-15-10-7-6-8-11-15;/h6-14H,4-5H2,1-3H3;1H. The molecule has 4 nitrogen and oxygen atoms in total. The highest BCUT2D eigenvalue weighted by molar-refractivity contribution is 14.0. The molecule has 5 heteroatoms. The van der Waals surface area contributed by atoms with E-state index in [1.807, 2.05) is 30.3 Å². The van der Waals surface area contributed by atoms with Crippen LogP contribution in [0.25, 0.3) is 0 Å². The zero-order chi connectivity index (χ0) is 16.0. The average molecular weight is 426 g/mol. The second kappa shape index (κ2) is 8.88. The van der Waals surface area contributed by atoms with Gasteiger partial charge in [0.05, 0.1) is 25.8 Å². The molecule has 2 aromatic rings. The summed E-state index contributed by atoms with van der Waals surface area (Å²) in [6, 6.07) is 16.7. The second-order valence-electron chi connectivity index (χ2n) is 5.34. The lowest BCUT2D eigenvalue weighted by Crippen LogP contribution is -2.44. The summed E-state index contributed by atoms with van der Waals surface area (Å²) in [4.78, 5) is 3.92. The molecule has 0 aromatic heterocycles. The molecule has 0 amide bonds. The van der Waals surface area contributed by atoms with Crippen LogP contribution in [-0.4, -0.2) is 26.2 Å². The molecule has 0 saturated heterocycles. The number of ether oxygens (including phenoxy) is 1. The fourth-order valence-electron chi connectivity index (χ4n) is 2.20. The first-order valence-electron chi connectivity index (χ1n) is 7.51. The molecular formula is C18H23IN2O2. The number of halogens is 1. The first-order valence-corrected chi connectivity index (χ1v) is 7.51. The van der Waals surface area contributed by atoms with Crippen LogP contribution in [0.4, 0.5) is 11.4 Å². The van der Waals surface area contributed by atoms with E-state index in [4.69, 9.17) is 4.74 Å². The first-order chi connectivity index (χ1) is 10.6. The van der Waals surface area contributed by atoms with Crippen molar-refractivity contribution in [1.82, 2.24) is 4.48 Å². The van der Waals surface area contributed by atoms with Gasteiger partial charge in [-0.3, -0.25) is 4.48 Å². The quantitative estimate of drug-likeness (QED) is 0.317. The highest BCUT2D eigenvalue weighted by Crippen LogP contribution is 2.25. The summed E-state index contributed by atoms with van der Waals surface area (Å²) in [7, 11) is 2.16. The third-order valence-electron chi connectivity index (χ3n) is 4.02. The van der Waals surface area contributed by atoms with E-state index in [1.165, 1.54) is 0 Å². The predicted molar refractivity (Wildman–Crippen MR) is 105 cm³/mol. The lowest BCUT2D eigenvalue weighted by Gasteiger charge is -2.32. The zero-order valence-electron chi connectivity index (χ0n) is 13.7. The molecule has 0 atom stereocenters. The molecule has 0 heterocycles. The Labute approximate surface area is 155 Å². The van der Waals surface area contributed by atoms with E-state index in [-0.39, 0.29) is 24.0 Å². The molecule has 0 aliphatic heterocycles. The molecule has 0 spiro atoms. The molecule has 0 saturated carbocycles. The number of quaternary nitrogens is 1. The second-order valence-corrected chi connectivity index (χ2v) is 5.34. The van der Waals surface area contributed by atoms with Crippen molar-refractivity contribution in [1.29, 1.82) is 0 Å². The van der Waals surface area contributed by atoms with Gasteiger partial charge >= 0.3 is 0 Å². The summed E-state index contributed by atoms with van der Waals surface area (Å²) in [5.41, 5.74) is 1.71. The largest absolute Gasteiger partial charge is 0.566 e. The highest BCUT2D eigenvalue weighted by atomic mass is 127. The van der Waals surface area contributed by atoms with Crippen molar-refractivity contribution in [2.45, 2.75) is 13.8 Å². The summed E-state index contributed by atoms with van der Waals surface area (Å²) in [6.07, 6.45) is -0.606. The van der Waals surface area contributed by atoms with Crippen molar-refractivity contribution in [2.75, 3.05) is 20.1 Å². The lowest BCUT2D eigenvalue weighted by molar-refractivity contribution is -0.239. The molecule has 0 bridgehead atoms. The maximum atomic E-state index is 11.9. The number of hydrogen-bond acceptors (Lipinski definition) is 3. The Balaban J connectivity index is 0.00000264. The third kappa shape index (κ3) is 5.21. The molecule has 0 aliphatic rings. The van der Waals surface area contributed by atoms with Crippen molar-refractivity contribution in [3.05, 3.63) is 54.6 Å². The monoisotopic (exact) mass is 426 g/mol. The Morgan fingerprint density at radius 3 is 2.30 bits per heavy atom. The minimum Gasteiger partial charge on any atom is -0.566 e. The zero-order valence-corrected chi connectivity index (χ0v) is 16.1. The maximum Gasteiger partial charge on any atom is 0.155 e. The molecule has 124 valence electrons. The van der Waals surface area contributed by atoms with Crippen LogP contribution in [0.15, 0.2) is 59.6 Å². The Bertz CT molecular complexity index is 640. The van der Waals surface area contributed by atoms with Gasteiger partial charge in [0.15, 0.2) is 6.08 Å². The van der Waals surface area contributed by atoms with E-state index in [0.29, 0.717) is 11.4 Å². The van der Waals surface area contributed by atoms with Gasteiger partial charge in [-0.15, -0.1) is 24.0 Å². The van der Waals surface area contributed by atoms with Crippen molar-refractivity contribution < 1.29 is 9.84 Å². The topological polar surface area (TPSA) is 44.6 Å². The van der Waals surface area contributed by atoms with Crippen LogP contribution < -0.4 is 14.3 Å². The third-order valence-corrected chi connectivity index (χ3v) is 4.02. The molecule has 0 fully saturated rings. The van der Waals surface area contributed by atoms with Gasteiger partial charge in [-0.25, -0.2) is 4.99 Å². The Morgan fingerprint density at radius 1 is 1.04 bits per heavy atom. The van der Waals surface area contributed by atoms with Gasteiger partial charge in [-0.2, -0.15) is 0 Å². The smallest absolute Gasteiger partial charge is 0.155 e. The Kier molecular flexibility index (Phi) is 7.51. The fourth-order valence-corrected chi connectivity index (χ4v) is 2.20. The number of rotatable bonds is 5. The van der Waals surface area contributed by atoms with Crippen LogP contribution in [0.1, 0.15) is 13.8 Å². The summed E-state index contributed by atoms with van der Waals surface area (Å²) in [6.45, 7) is 6.24. The van der Waals surface area contributed by atoms with Gasteiger partial charge in [-0.05, 0) is 38.1 Å². The summed E-state index contributed by atoms with van der Waals surface area (Å²) in [5.74, 6) is 0.522. The van der Waals surface area contributed by atoms with E-state index in [0.717, 1.165) is 23.3 Å². The van der Waals surface area contributed by atoms with Crippen LogP contribution >= 0.6 is 24.0 Å². The van der Waals surface area contributed by atoms with Gasteiger partial charge in [0.2, 0.25) is 0 Å². The Hall–Kier alpha value is -1.60. The van der Waals surface area contributed by atoms with Gasteiger partial charge in [0.1, 0.15) is 5.69 Å². The molecular weight excluding hydrogens is 403 g/mol. The van der Waals surface area contributed by atoms with Crippen molar-refractivity contribution in [3.8, 4) is 5.75 Å². The van der Waals surface area contributed by atoms with E-state index in [9.17, 15) is 5.11 Å².